The van der Waals surface area contributed by atoms with Crippen LogP contribution in [0.5, 0.6) is 0 Å². The lowest BCUT2D eigenvalue weighted by Crippen LogP contribution is -2.48. The number of likely N-dealkylation sites (tertiary alicyclic amines) is 1. The molecule has 4 N–H and O–H groups in total. The molecule has 0 spiro atoms. The topological polar surface area (TPSA) is 89.4 Å². The molecule has 1 heterocycles. The summed E-state index contributed by atoms with van der Waals surface area (Å²) in [5.74, 6) is -0.226. The first-order chi connectivity index (χ1) is 8.97. The molecule has 0 aliphatic carbocycles. The average Bonchev–Trinajstić information content (AvgIpc) is 2.37. The van der Waals surface area contributed by atoms with Gasteiger partial charge in [-0.3, -0.25) is 9.59 Å². The number of carbonyl (C=O) groups is 2. The highest BCUT2D eigenvalue weighted by Gasteiger charge is 2.26. The van der Waals surface area contributed by atoms with Gasteiger partial charge in [-0.15, -0.1) is 0 Å². The fourth-order valence-electron chi connectivity index (χ4n) is 2.55. The predicted octanol–water partition coefficient (Wildman–Crippen LogP) is 0.595. The monoisotopic (exact) mass is 261 g/mol. The van der Waals surface area contributed by atoms with Gasteiger partial charge in [0.2, 0.25) is 5.91 Å². The molecule has 5 heteroatoms. The summed E-state index contributed by atoms with van der Waals surface area (Å²) in [6, 6.07) is 6.52. The van der Waals surface area contributed by atoms with Gasteiger partial charge in [-0.1, -0.05) is 13.0 Å². The van der Waals surface area contributed by atoms with E-state index in [9.17, 15) is 9.59 Å². The first-order valence-electron chi connectivity index (χ1n) is 6.42. The number of piperidine rings is 1. The Hall–Kier alpha value is -1.88. The SMILES string of the molecule is CC1CC(N)CN(C(=O)c2cccc(C(N)=O)c2)C1. The number of amides is 2. The summed E-state index contributed by atoms with van der Waals surface area (Å²) in [7, 11) is 0. The normalized spacial score (nSPS) is 23.2. The molecule has 102 valence electrons. The molecule has 5 nitrogen and oxygen atoms in total. The van der Waals surface area contributed by atoms with Crippen LogP contribution < -0.4 is 11.5 Å². The number of hydrogen-bond acceptors (Lipinski definition) is 3. The van der Waals surface area contributed by atoms with Crippen LogP contribution in [0.3, 0.4) is 0 Å². The lowest BCUT2D eigenvalue weighted by molar-refractivity contribution is 0.0661. The molecule has 0 saturated carbocycles. The van der Waals surface area contributed by atoms with E-state index >= 15 is 0 Å². The van der Waals surface area contributed by atoms with Crippen molar-refractivity contribution in [3.63, 3.8) is 0 Å². The molecule has 1 aromatic carbocycles. The van der Waals surface area contributed by atoms with Crippen LogP contribution in [-0.4, -0.2) is 35.8 Å². The van der Waals surface area contributed by atoms with Crippen molar-refractivity contribution >= 4 is 11.8 Å². The van der Waals surface area contributed by atoms with E-state index in [0.29, 0.717) is 30.1 Å². The largest absolute Gasteiger partial charge is 0.366 e. The van der Waals surface area contributed by atoms with Gasteiger partial charge in [-0.2, -0.15) is 0 Å². The lowest BCUT2D eigenvalue weighted by Gasteiger charge is -2.34. The van der Waals surface area contributed by atoms with Gasteiger partial charge in [0.15, 0.2) is 0 Å². The third-order valence-electron chi connectivity index (χ3n) is 3.37. The molecule has 1 aliphatic heterocycles. The van der Waals surface area contributed by atoms with Gasteiger partial charge in [0, 0.05) is 30.3 Å². The average molecular weight is 261 g/mol. The van der Waals surface area contributed by atoms with Crippen LogP contribution in [0.15, 0.2) is 24.3 Å². The molecule has 1 fully saturated rings. The summed E-state index contributed by atoms with van der Waals surface area (Å²) in [6.07, 6.45) is 0.936. The Morgan fingerprint density at radius 1 is 1.26 bits per heavy atom. The molecule has 0 radical (unpaired) electrons. The third-order valence-corrected chi connectivity index (χ3v) is 3.37. The van der Waals surface area contributed by atoms with E-state index in [0.717, 1.165) is 6.42 Å². The number of nitrogens with two attached hydrogens (primary N) is 2. The van der Waals surface area contributed by atoms with Gasteiger partial charge in [0.25, 0.3) is 5.91 Å². The van der Waals surface area contributed by atoms with Crippen LogP contribution in [0.25, 0.3) is 0 Å². The maximum Gasteiger partial charge on any atom is 0.253 e. The van der Waals surface area contributed by atoms with Crippen LogP contribution >= 0.6 is 0 Å². The molecule has 2 rings (SSSR count). The summed E-state index contributed by atoms with van der Waals surface area (Å²) in [5.41, 5.74) is 12.0. The van der Waals surface area contributed by atoms with Gasteiger partial charge >= 0.3 is 0 Å². The molecule has 2 atom stereocenters. The summed E-state index contributed by atoms with van der Waals surface area (Å²) >= 11 is 0. The van der Waals surface area contributed by atoms with E-state index in [1.165, 1.54) is 6.07 Å². The van der Waals surface area contributed by atoms with Crippen molar-refractivity contribution in [1.29, 1.82) is 0 Å². The van der Waals surface area contributed by atoms with Crippen molar-refractivity contribution in [3.8, 4) is 0 Å². The van der Waals surface area contributed by atoms with Crippen molar-refractivity contribution in [1.82, 2.24) is 4.90 Å². The van der Waals surface area contributed by atoms with Crippen molar-refractivity contribution < 1.29 is 9.59 Å². The van der Waals surface area contributed by atoms with Gasteiger partial charge in [0.05, 0.1) is 0 Å². The van der Waals surface area contributed by atoms with Crippen molar-refractivity contribution in [2.24, 2.45) is 17.4 Å². The van der Waals surface area contributed by atoms with Crippen molar-refractivity contribution in [3.05, 3.63) is 35.4 Å². The number of primary amides is 1. The summed E-state index contributed by atoms with van der Waals surface area (Å²) in [4.78, 5) is 25.3. The fraction of sp³-hybridized carbons (Fsp3) is 0.429. The zero-order chi connectivity index (χ0) is 14.0. The maximum absolute atomic E-state index is 12.4. The van der Waals surface area contributed by atoms with Gasteiger partial charge in [-0.05, 0) is 30.5 Å². The Bertz CT molecular complexity index is 491. The highest BCUT2D eigenvalue weighted by Crippen LogP contribution is 2.18. The molecule has 0 bridgehead atoms. The second kappa shape index (κ2) is 5.40. The first-order valence-corrected chi connectivity index (χ1v) is 6.42. The minimum absolute atomic E-state index is 0.0204. The van der Waals surface area contributed by atoms with Gasteiger partial charge < -0.3 is 16.4 Å². The molecule has 2 unspecified atom stereocenters. The van der Waals surface area contributed by atoms with Gasteiger partial charge in [0.1, 0.15) is 0 Å². The minimum atomic E-state index is -0.529. The van der Waals surface area contributed by atoms with Crippen LogP contribution in [0, 0.1) is 5.92 Å². The Labute approximate surface area is 112 Å². The van der Waals surface area contributed by atoms with Crippen LogP contribution in [0.2, 0.25) is 0 Å². The predicted molar refractivity (Wildman–Crippen MR) is 72.6 cm³/mol. The standard InChI is InChI=1S/C14H19N3O2/c1-9-5-12(15)8-17(7-9)14(19)11-4-2-3-10(6-11)13(16)18/h2-4,6,9,12H,5,7-8,15H2,1H3,(H2,16,18). The zero-order valence-corrected chi connectivity index (χ0v) is 11.0. The molecule has 1 aliphatic rings. The molecule has 1 aromatic rings. The number of benzene rings is 1. The number of carbonyl (C=O) groups excluding carboxylic acids is 2. The molecule has 1 saturated heterocycles. The van der Waals surface area contributed by atoms with Crippen molar-refractivity contribution in [2.45, 2.75) is 19.4 Å². The van der Waals surface area contributed by atoms with E-state index < -0.39 is 5.91 Å². The lowest BCUT2D eigenvalue weighted by atomic mass is 9.96. The minimum Gasteiger partial charge on any atom is -0.366 e. The van der Waals surface area contributed by atoms with Crippen molar-refractivity contribution in [2.75, 3.05) is 13.1 Å². The van der Waals surface area contributed by atoms with Crippen LogP contribution in [0.4, 0.5) is 0 Å². The summed E-state index contributed by atoms with van der Waals surface area (Å²) < 4.78 is 0. The van der Waals surface area contributed by atoms with E-state index in [4.69, 9.17) is 11.5 Å². The zero-order valence-electron chi connectivity index (χ0n) is 11.0. The van der Waals surface area contributed by atoms with Crippen LogP contribution in [-0.2, 0) is 0 Å². The van der Waals surface area contributed by atoms with Gasteiger partial charge in [-0.25, -0.2) is 0 Å². The number of rotatable bonds is 2. The van der Waals surface area contributed by atoms with E-state index in [1.54, 1.807) is 23.1 Å². The maximum atomic E-state index is 12.4. The second-order valence-corrected chi connectivity index (χ2v) is 5.26. The smallest absolute Gasteiger partial charge is 0.253 e. The summed E-state index contributed by atoms with van der Waals surface area (Å²) in [6.45, 7) is 3.34. The Morgan fingerprint density at radius 2 is 1.95 bits per heavy atom. The first kappa shape index (κ1) is 13.5. The Kier molecular flexibility index (Phi) is 3.85. The van der Waals surface area contributed by atoms with Crippen LogP contribution in [0.1, 0.15) is 34.1 Å². The molecular formula is C14H19N3O2. The quantitative estimate of drug-likeness (QED) is 0.816. The van der Waals surface area contributed by atoms with E-state index in [1.807, 2.05) is 0 Å². The fourth-order valence-corrected chi connectivity index (χ4v) is 2.55. The van der Waals surface area contributed by atoms with E-state index in [-0.39, 0.29) is 11.9 Å². The summed E-state index contributed by atoms with van der Waals surface area (Å²) in [5, 5.41) is 0. The third kappa shape index (κ3) is 3.12. The molecule has 19 heavy (non-hydrogen) atoms. The van der Waals surface area contributed by atoms with E-state index in [2.05, 4.69) is 6.92 Å². The number of nitrogens with zero attached hydrogens (tertiary/aromatic N) is 1. The molecule has 2 amide bonds. The molecule has 0 aromatic heterocycles. The number of hydrogen-bond donors (Lipinski definition) is 2. The Balaban J connectivity index is 2.19. The highest BCUT2D eigenvalue weighted by atomic mass is 16.2. The molecular weight excluding hydrogens is 242 g/mol. The second-order valence-electron chi connectivity index (χ2n) is 5.26. The Morgan fingerprint density at radius 3 is 2.58 bits per heavy atom. The highest BCUT2D eigenvalue weighted by molar-refractivity contribution is 5.99.